The third-order valence-corrected chi connectivity index (χ3v) is 7.69. The van der Waals surface area contributed by atoms with Crippen molar-refractivity contribution in [3.05, 3.63) is 72.9 Å². The Morgan fingerprint density at radius 1 is 0.529 bits per heavy atom. The molecule has 51 heavy (non-hydrogen) atoms. The van der Waals surface area contributed by atoms with Crippen molar-refractivity contribution in [1.82, 2.24) is 0 Å². The number of unbranched alkanes of at least 4 members (excludes halogenated alkanes) is 12. The third kappa shape index (κ3) is 71.1. The molecule has 0 spiro atoms. The average Bonchev–Trinajstić information content (AvgIpc) is 3.04. The molecular weight excluding hydrogens is 710 g/mol. The predicted molar refractivity (Wildman–Crippen MR) is 228 cm³/mol. The van der Waals surface area contributed by atoms with Gasteiger partial charge in [0, 0.05) is 19.4 Å². The Hall–Kier alpha value is -1.06. The summed E-state index contributed by atoms with van der Waals surface area (Å²) in [6.45, 7) is 4.44. The van der Waals surface area contributed by atoms with Crippen LogP contribution < -0.4 is 5.73 Å². The number of nitrogens with two attached hydrogens (primary N) is 1. The fourth-order valence-electron chi connectivity index (χ4n) is 4.17. The van der Waals surface area contributed by atoms with Crippen molar-refractivity contribution in [2.45, 2.75) is 155 Å². The minimum Gasteiger partial charge on any atom is -1.00 e. The smallest absolute Gasteiger partial charge is 1.00 e. The number of carbonyl (C=O) groups is 2. The second-order valence-corrected chi connectivity index (χ2v) is 13.4. The van der Waals surface area contributed by atoms with Crippen molar-refractivity contribution < 1.29 is 35.6 Å². The van der Waals surface area contributed by atoms with Crippen LogP contribution >= 0.6 is 9.90 Å². The van der Waals surface area contributed by atoms with E-state index >= 15 is 0 Å². The molecule has 0 saturated carbocycles. The number of hydrogen-bond donors (Lipinski definition) is 4. The van der Waals surface area contributed by atoms with E-state index < -0.39 is 22.1 Å². The number of carboxylic acids is 2. The van der Waals surface area contributed by atoms with E-state index in [9.17, 15) is 18.0 Å². The maximum Gasteiger partial charge on any atom is 2.00 e. The Kier molecular flexibility index (Phi) is 59.3. The van der Waals surface area contributed by atoms with Gasteiger partial charge in [0.25, 0.3) is 10.1 Å². The summed E-state index contributed by atoms with van der Waals surface area (Å²) < 4.78 is 27.3. The zero-order valence-corrected chi connectivity index (χ0v) is 36.7. The Morgan fingerprint density at radius 2 is 0.824 bits per heavy atom. The van der Waals surface area contributed by atoms with Gasteiger partial charge in [-0.25, -0.2) is 0 Å². The number of aliphatic carboxylic acids is 2. The monoisotopic (exact) mass is 785 g/mol. The fourth-order valence-corrected chi connectivity index (χ4v) is 4.47. The molecule has 0 radical (unpaired) electrons. The van der Waals surface area contributed by atoms with Gasteiger partial charge in [0.1, 0.15) is 0 Å². The summed E-state index contributed by atoms with van der Waals surface area (Å²) in [7, 11) is -3.80. The molecule has 1 unspecified atom stereocenters. The predicted octanol–water partition coefficient (Wildman–Crippen LogP) is 10.8. The van der Waals surface area contributed by atoms with E-state index in [-0.39, 0.29) is 69.2 Å². The summed E-state index contributed by atoms with van der Waals surface area (Å²) in [5.74, 6) is -1.74. The molecule has 0 aliphatic rings. The van der Waals surface area contributed by atoms with Crippen LogP contribution in [0.4, 0.5) is 0 Å². The van der Waals surface area contributed by atoms with Crippen molar-refractivity contribution in [3.63, 3.8) is 0 Å². The molecule has 11 heteroatoms. The molecule has 0 aromatic heterocycles. The summed E-state index contributed by atoms with van der Waals surface area (Å²) >= 11 is 0. The normalized spacial score (nSPS) is 11.5. The van der Waals surface area contributed by atoms with Crippen molar-refractivity contribution >= 4 is 69.7 Å². The minimum absolute atomic E-state index is 0. The van der Waals surface area contributed by atoms with Gasteiger partial charge in [0.05, 0.1) is 5.75 Å². The van der Waals surface area contributed by atoms with Crippen LogP contribution in [0.5, 0.6) is 0 Å². The van der Waals surface area contributed by atoms with Crippen LogP contribution in [0, 0.1) is 0 Å². The number of hydrogen-bond acceptors (Lipinski definition) is 5. The first kappa shape index (κ1) is 59.2. The number of allylic oxidation sites excluding steroid dienone is 12. The molecule has 0 amide bonds. The summed E-state index contributed by atoms with van der Waals surface area (Å²) in [4.78, 5) is 20.6. The van der Waals surface area contributed by atoms with Crippen LogP contribution in [-0.2, 0) is 19.7 Å². The summed E-state index contributed by atoms with van der Waals surface area (Å²) in [6, 6.07) is 0. The van der Waals surface area contributed by atoms with E-state index in [2.05, 4.69) is 86.8 Å². The van der Waals surface area contributed by atoms with Crippen LogP contribution in [-0.4, -0.2) is 85.2 Å². The number of carboxylic acid groups (broad SMARTS) is 2. The largest absolute Gasteiger partial charge is 2.00 e. The summed E-state index contributed by atoms with van der Waals surface area (Å²) in [5, 5.41) is 17.0. The van der Waals surface area contributed by atoms with Crippen LogP contribution in [0.3, 0.4) is 0 Å². The molecular formula is C40H76CaNO7PS. The first-order chi connectivity index (χ1) is 23.6. The minimum atomic E-state index is -3.80. The van der Waals surface area contributed by atoms with Gasteiger partial charge in [-0.1, -0.05) is 132 Å². The molecule has 0 fully saturated rings. The standard InChI is InChI=1S/C20H32O2.C18H32O2.C2H7NO3S.Ca.H3P.2H/c1-2-3-4-5-6-7-8-9-10-11-12-13-14-15-16-17-18-19-20(21)22;1-2-3-4-5-6-7-8-9-10-11-12-13-14-15-16-17-18(19)20;3-1-2-7(4,5)6;;;;/h6-7,9-10,12-13,15-16H,2-5,8,11,14,17-19H2,1H3,(H,21,22);6-7,9-10H,2-5,8,11-17H2,1H3,(H,19,20);1-3H2,(H,4,5,6);;1H3;;/q;;;+2;;2*-1/b7-6-,10-9-,13-12-,16-15-;7-6-,10-9-;;;;;. The quantitative estimate of drug-likeness (QED) is 0.0184. The Balaban J connectivity index is -0.000000127. The van der Waals surface area contributed by atoms with E-state index in [1.807, 2.05) is 0 Å². The SMILES string of the molecule is CCCCC/C=C\C/C=C\C/C=C\C/C=C\CCCC(=O)O.CCCCC/C=C\C/C=C\CCCCCCCC(=O)O.NCCS(=O)(=O)O.P.[Ca+2].[H-].[H-]. The second kappa shape index (κ2) is 51.0. The maximum atomic E-state index is 10.3. The third-order valence-electron chi connectivity index (χ3n) is 6.94. The van der Waals surface area contributed by atoms with Crippen LogP contribution in [0.1, 0.15) is 158 Å². The molecule has 0 aromatic rings. The van der Waals surface area contributed by atoms with E-state index in [1.54, 1.807) is 0 Å². The van der Waals surface area contributed by atoms with Gasteiger partial charge in [-0.05, 0) is 83.5 Å². The van der Waals surface area contributed by atoms with Gasteiger partial charge in [-0.2, -0.15) is 18.3 Å². The van der Waals surface area contributed by atoms with E-state index in [0.717, 1.165) is 57.8 Å². The first-order valence-electron chi connectivity index (χ1n) is 18.6. The molecule has 0 aromatic carbocycles. The van der Waals surface area contributed by atoms with Gasteiger partial charge in [0.15, 0.2) is 0 Å². The zero-order valence-electron chi connectivity index (χ0n) is 34.3. The topological polar surface area (TPSA) is 155 Å². The van der Waals surface area contributed by atoms with E-state index in [0.29, 0.717) is 6.42 Å². The molecule has 0 bridgehead atoms. The molecule has 0 saturated heterocycles. The Labute approximate surface area is 349 Å². The molecule has 1 atom stereocenters. The molecule has 296 valence electrons. The Bertz CT molecular complexity index is 1040. The first-order valence-corrected chi connectivity index (χ1v) is 20.2. The van der Waals surface area contributed by atoms with Gasteiger partial charge >= 0.3 is 49.7 Å². The summed E-state index contributed by atoms with van der Waals surface area (Å²) in [6.07, 6.45) is 49.6. The van der Waals surface area contributed by atoms with Crippen molar-refractivity contribution in [2.75, 3.05) is 12.3 Å². The fraction of sp³-hybridized carbons (Fsp3) is 0.650. The maximum absolute atomic E-state index is 10.3. The zero-order chi connectivity index (χ0) is 37.1. The van der Waals surface area contributed by atoms with E-state index in [4.69, 9.17) is 20.5 Å². The Morgan fingerprint density at radius 3 is 1.14 bits per heavy atom. The van der Waals surface area contributed by atoms with Crippen molar-refractivity contribution in [1.29, 1.82) is 0 Å². The van der Waals surface area contributed by atoms with Crippen LogP contribution in [0.2, 0.25) is 0 Å². The van der Waals surface area contributed by atoms with Crippen LogP contribution in [0.25, 0.3) is 0 Å². The molecule has 0 aliphatic carbocycles. The molecule has 0 rings (SSSR count). The number of rotatable bonds is 30. The molecule has 5 N–H and O–H groups in total. The van der Waals surface area contributed by atoms with E-state index in [1.165, 1.54) is 70.6 Å². The average molecular weight is 786 g/mol. The van der Waals surface area contributed by atoms with Crippen molar-refractivity contribution in [2.24, 2.45) is 5.73 Å². The van der Waals surface area contributed by atoms with Gasteiger partial charge in [-0.15, -0.1) is 0 Å². The van der Waals surface area contributed by atoms with Gasteiger partial charge < -0.3 is 18.8 Å². The summed E-state index contributed by atoms with van der Waals surface area (Å²) in [5.41, 5.74) is 4.78. The van der Waals surface area contributed by atoms with Crippen LogP contribution in [0.15, 0.2) is 72.9 Å². The second-order valence-electron chi connectivity index (χ2n) is 11.8. The molecule has 8 nitrogen and oxygen atoms in total. The van der Waals surface area contributed by atoms with Gasteiger partial charge in [0.2, 0.25) is 0 Å². The molecule has 0 aliphatic heterocycles. The van der Waals surface area contributed by atoms with Crippen molar-refractivity contribution in [3.8, 4) is 0 Å². The molecule has 0 heterocycles. The van der Waals surface area contributed by atoms with Gasteiger partial charge in [-0.3, -0.25) is 14.1 Å².